The Morgan fingerprint density at radius 2 is 2.21 bits per heavy atom. The molecule has 1 amide bonds. The first-order chi connectivity index (χ1) is 9.06. The van der Waals surface area contributed by atoms with Crippen LogP contribution < -0.4 is 5.32 Å². The third-order valence-corrected chi connectivity index (χ3v) is 2.69. The second-order valence-corrected chi connectivity index (χ2v) is 4.26. The lowest BCUT2D eigenvalue weighted by molar-refractivity contribution is 0.0889. The molecule has 1 heterocycles. The molecule has 0 aliphatic rings. The molecule has 0 fully saturated rings. The van der Waals surface area contributed by atoms with Crippen molar-refractivity contribution in [2.24, 2.45) is 0 Å². The number of carbonyl (C=O) groups is 1. The van der Waals surface area contributed by atoms with E-state index in [9.17, 15) is 14.3 Å². The van der Waals surface area contributed by atoms with E-state index in [0.717, 1.165) is 0 Å². The zero-order valence-corrected chi connectivity index (χ0v) is 10.5. The van der Waals surface area contributed by atoms with Gasteiger partial charge in [-0.3, -0.25) is 4.79 Å². The van der Waals surface area contributed by atoms with E-state index in [1.165, 1.54) is 30.3 Å². The number of nitrogens with one attached hydrogen (secondary N) is 1. The van der Waals surface area contributed by atoms with E-state index in [1.54, 1.807) is 6.07 Å². The molecular formula is C13H11ClFNO3. The Hall–Kier alpha value is -1.85. The van der Waals surface area contributed by atoms with Gasteiger partial charge in [-0.25, -0.2) is 4.39 Å². The Labute approximate surface area is 113 Å². The maximum Gasteiger partial charge on any atom is 0.287 e. The first kappa shape index (κ1) is 13.6. The van der Waals surface area contributed by atoms with Crippen molar-refractivity contribution < 1.29 is 18.7 Å². The molecule has 4 nitrogen and oxygen atoms in total. The van der Waals surface area contributed by atoms with Crippen molar-refractivity contribution in [1.29, 1.82) is 0 Å². The van der Waals surface area contributed by atoms with Crippen LogP contribution in [0.15, 0.2) is 40.8 Å². The average Bonchev–Trinajstić information content (AvgIpc) is 2.82. The monoisotopic (exact) mass is 283 g/mol. The number of hydrogen-bond acceptors (Lipinski definition) is 3. The molecule has 100 valence electrons. The minimum absolute atomic E-state index is 0.0523. The van der Waals surface area contributed by atoms with Crippen LogP contribution in [-0.4, -0.2) is 17.6 Å². The van der Waals surface area contributed by atoms with Gasteiger partial charge in [0.2, 0.25) is 0 Å². The van der Waals surface area contributed by atoms with Crippen molar-refractivity contribution in [2.45, 2.75) is 6.10 Å². The molecule has 0 bridgehead atoms. The van der Waals surface area contributed by atoms with Crippen LogP contribution in [0, 0.1) is 5.82 Å². The highest BCUT2D eigenvalue weighted by Gasteiger charge is 2.13. The highest BCUT2D eigenvalue weighted by Crippen LogP contribution is 2.15. The molecule has 1 aromatic carbocycles. The first-order valence-electron chi connectivity index (χ1n) is 5.53. The Morgan fingerprint density at radius 3 is 2.84 bits per heavy atom. The Balaban J connectivity index is 1.93. The number of aliphatic hydroxyl groups is 1. The summed E-state index contributed by atoms with van der Waals surface area (Å²) in [6.45, 7) is -0.0550. The number of benzene rings is 1. The summed E-state index contributed by atoms with van der Waals surface area (Å²) < 4.78 is 17.9. The molecule has 0 saturated carbocycles. The van der Waals surface area contributed by atoms with E-state index in [0.29, 0.717) is 5.56 Å². The number of amides is 1. The number of hydrogen-bond donors (Lipinski definition) is 2. The van der Waals surface area contributed by atoms with Crippen LogP contribution in [0.4, 0.5) is 4.39 Å². The average molecular weight is 284 g/mol. The van der Waals surface area contributed by atoms with Crippen molar-refractivity contribution in [3.05, 3.63) is 58.8 Å². The zero-order chi connectivity index (χ0) is 13.8. The molecule has 1 atom stereocenters. The van der Waals surface area contributed by atoms with Crippen LogP contribution in [0.2, 0.25) is 5.22 Å². The second-order valence-electron chi connectivity index (χ2n) is 3.88. The summed E-state index contributed by atoms with van der Waals surface area (Å²) in [6, 6.07) is 8.41. The first-order valence-corrected chi connectivity index (χ1v) is 5.91. The maximum atomic E-state index is 13.0. The predicted molar refractivity (Wildman–Crippen MR) is 67.4 cm³/mol. The highest BCUT2D eigenvalue weighted by molar-refractivity contribution is 6.29. The molecular weight excluding hydrogens is 273 g/mol. The molecule has 2 N–H and O–H groups in total. The van der Waals surface area contributed by atoms with Gasteiger partial charge in [0.1, 0.15) is 5.82 Å². The van der Waals surface area contributed by atoms with Gasteiger partial charge in [0.15, 0.2) is 11.0 Å². The molecule has 1 unspecified atom stereocenters. The van der Waals surface area contributed by atoms with Crippen molar-refractivity contribution in [2.75, 3.05) is 6.54 Å². The summed E-state index contributed by atoms with van der Waals surface area (Å²) in [6.07, 6.45) is -0.995. The van der Waals surface area contributed by atoms with Crippen LogP contribution >= 0.6 is 11.6 Å². The van der Waals surface area contributed by atoms with Crippen molar-refractivity contribution >= 4 is 17.5 Å². The van der Waals surface area contributed by atoms with Crippen molar-refractivity contribution in [3.63, 3.8) is 0 Å². The van der Waals surface area contributed by atoms with E-state index in [2.05, 4.69) is 5.32 Å². The van der Waals surface area contributed by atoms with E-state index < -0.39 is 17.8 Å². The molecule has 0 spiro atoms. The summed E-state index contributed by atoms with van der Waals surface area (Å²) in [5.74, 6) is -0.889. The normalized spacial score (nSPS) is 12.2. The molecule has 6 heteroatoms. The molecule has 0 radical (unpaired) electrons. The fraction of sp³-hybridized carbons (Fsp3) is 0.154. The fourth-order valence-corrected chi connectivity index (χ4v) is 1.69. The minimum atomic E-state index is -0.995. The summed E-state index contributed by atoms with van der Waals surface area (Å²) in [4.78, 5) is 11.6. The van der Waals surface area contributed by atoms with E-state index in [-0.39, 0.29) is 17.5 Å². The number of aliphatic hydroxyl groups excluding tert-OH is 1. The van der Waals surface area contributed by atoms with Gasteiger partial charge in [-0.1, -0.05) is 12.1 Å². The predicted octanol–water partition coefficient (Wildman–Crippen LogP) is 2.54. The standard InChI is InChI=1S/C13H11ClFNO3/c14-12-5-4-11(19-12)13(18)16-7-10(17)8-2-1-3-9(15)6-8/h1-6,10,17H,7H2,(H,16,18). The van der Waals surface area contributed by atoms with Crippen molar-refractivity contribution in [1.82, 2.24) is 5.32 Å². The van der Waals surface area contributed by atoms with Gasteiger partial charge in [-0.2, -0.15) is 0 Å². The van der Waals surface area contributed by atoms with Gasteiger partial charge in [0.05, 0.1) is 6.10 Å². The lowest BCUT2D eigenvalue weighted by Gasteiger charge is -2.11. The number of rotatable bonds is 4. The SMILES string of the molecule is O=C(NCC(O)c1cccc(F)c1)c1ccc(Cl)o1. The van der Waals surface area contributed by atoms with Gasteiger partial charge in [0.25, 0.3) is 5.91 Å². The smallest absolute Gasteiger partial charge is 0.287 e. The fourth-order valence-electron chi connectivity index (χ4n) is 1.54. The summed E-state index contributed by atoms with van der Waals surface area (Å²) in [7, 11) is 0. The largest absolute Gasteiger partial charge is 0.440 e. The van der Waals surface area contributed by atoms with Crippen LogP contribution in [0.25, 0.3) is 0 Å². The maximum absolute atomic E-state index is 13.0. The summed E-state index contributed by atoms with van der Waals surface area (Å²) in [5, 5.41) is 12.4. The lowest BCUT2D eigenvalue weighted by Crippen LogP contribution is -2.28. The molecule has 0 aliphatic heterocycles. The van der Waals surface area contributed by atoms with E-state index >= 15 is 0 Å². The quantitative estimate of drug-likeness (QED) is 0.906. The van der Waals surface area contributed by atoms with Crippen LogP contribution in [0.5, 0.6) is 0 Å². The number of furan rings is 1. The molecule has 0 aliphatic carbocycles. The van der Waals surface area contributed by atoms with Crippen molar-refractivity contribution in [3.8, 4) is 0 Å². The van der Waals surface area contributed by atoms with Crippen LogP contribution in [0.1, 0.15) is 22.2 Å². The number of halogens is 2. The van der Waals surface area contributed by atoms with Gasteiger partial charge in [-0.15, -0.1) is 0 Å². The van der Waals surface area contributed by atoms with E-state index in [1.807, 2.05) is 0 Å². The highest BCUT2D eigenvalue weighted by atomic mass is 35.5. The number of carbonyl (C=O) groups excluding carboxylic acids is 1. The third kappa shape index (κ3) is 3.56. The Kier molecular flexibility index (Phi) is 4.19. The Morgan fingerprint density at radius 1 is 1.42 bits per heavy atom. The third-order valence-electron chi connectivity index (χ3n) is 2.49. The molecule has 19 heavy (non-hydrogen) atoms. The second kappa shape index (κ2) is 5.86. The topological polar surface area (TPSA) is 62.5 Å². The molecule has 1 aromatic heterocycles. The van der Waals surface area contributed by atoms with Gasteiger partial charge < -0.3 is 14.8 Å². The van der Waals surface area contributed by atoms with Gasteiger partial charge in [0, 0.05) is 6.54 Å². The summed E-state index contributed by atoms with van der Waals surface area (Å²) in [5.41, 5.74) is 0.387. The summed E-state index contributed by atoms with van der Waals surface area (Å²) >= 11 is 5.54. The molecule has 0 saturated heterocycles. The van der Waals surface area contributed by atoms with Gasteiger partial charge >= 0.3 is 0 Å². The Bertz CT molecular complexity index is 585. The van der Waals surface area contributed by atoms with E-state index in [4.69, 9.17) is 16.0 Å². The lowest BCUT2D eigenvalue weighted by atomic mass is 10.1. The minimum Gasteiger partial charge on any atom is -0.440 e. The van der Waals surface area contributed by atoms with Crippen LogP contribution in [0.3, 0.4) is 0 Å². The molecule has 2 rings (SSSR count). The zero-order valence-electron chi connectivity index (χ0n) is 9.77. The van der Waals surface area contributed by atoms with Crippen LogP contribution in [-0.2, 0) is 0 Å². The van der Waals surface area contributed by atoms with Gasteiger partial charge in [-0.05, 0) is 41.4 Å². The molecule has 2 aromatic rings.